The molecule has 2 N–H and O–H groups in total. The molecule has 2 nitrogen and oxygen atoms in total. The quantitative estimate of drug-likeness (QED) is 0.534. The summed E-state index contributed by atoms with van der Waals surface area (Å²) < 4.78 is 0. The summed E-state index contributed by atoms with van der Waals surface area (Å²) in [7, 11) is 0. The van der Waals surface area contributed by atoms with E-state index in [1.807, 2.05) is 13.8 Å². The highest BCUT2D eigenvalue weighted by Crippen LogP contribution is 2.15. The van der Waals surface area contributed by atoms with Crippen LogP contribution in [0.4, 0.5) is 0 Å². The van der Waals surface area contributed by atoms with Crippen LogP contribution in [0.5, 0.6) is 0 Å². The van der Waals surface area contributed by atoms with Gasteiger partial charge < -0.3 is 5.73 Å². The Bertz CT molecular complexity index is 79.0. The zero-order valence-electron chi connectivity index (χ0n) is 5.65. The molecule has 1 heterocycles. The largest absolute Gasteiger partial charge is 0.314 e. The first-order valence-corrected chi connectivity index (χ1v) is 3.14. The highest BCUT2D eigenvalue weighted by atomic mass is 15.3. The average Bonchev–Trinajstić information content (AvgIpc) is 1.16. The van der Waals surface area contributed by atoms with E-state index < -0.39 is 0 Å². The first-order chi connectivity index (χ1) is 3.61. The van der Waals surface area contributed by atoms with E-state index >= 15 is 0 Å². The van der Waals surface area contributed by atoms with Crippen molar-refractivity contribution in [1.29, 1.82) is 0 Å². The Morgan fingerprint density at radius 1 is 1.38 bits per heavy atom. The molecular weight excluding hydrogens is 100 g/mol. The van der Waals surface area contributed by atoms with Gasteiger partial charge in [0.05, 0.1) is 5.66 Å². The molecule has 0 aromatic rings. The Kier molecular flexibility index (Phi) is 1.29. The molecule has 0 aromatic heterocycles. The van der Waals surface area contributed by atoms with Crippen molar-refractivity contribution in [2.45, 2.75) is 25.9 Å². The van der Waals surface area contributed by atoms with Gasteiger partial charge in [-0.05, 0) is 20.3 Å². The lowest BCUT2D eigenvalue weighted by atomic mass is 10.1. The van der Waals surface area contributed by atoms with Gasteiger partial charge in [0.2, 0.25) is 0 Å². The molecule has 1 aliphatic rings. The number of hydrogen-bond acceptors (Lipinski definition) is 2. The maximum atomic E-state index is 5.77. The number of hydrogen-bond donors (Lipinski definition) is 1. The van der Waals surface area contributed by atoms with Gasteiger partial charge in [0.25, 0.3) is 0 Å². The summed E-state index contributed by atoms with van der Waals surface area (Å²) >= 11 is 0. The van der Waals surface area contributed by atoms with E-state index in [1.54, 1.807) is 0 Å². The van der Waals surface area contributed by atoms with E-state index in [9.17, 15) is 0 Å². The molecule has 1 saturated heterocycles. The van der Waals surface area contributed by atoms with Crippen LogP contribution < -0.4 is 5.73 Å². The van der Waals surface area contributed by atoms with Crippen molar-refractivity contribution in [3.05, 3.63) is 0 Å². The Balaban J connectivity index is 2.34. The molecule has 0 amide bonds. The van der Waals surface area contributed by atoms with Crippen molar-refractivity contribution in [1.82, 2.24) is 4.90 Å². The second-order valence-electron chi connectivity index (χ2n) is 2.99. The van der Waals surface area contributed by atoms with E-state index in [1.165, 1.54) is 19.5 Å². The van der Waals surface area contributed by atoms with Crippen LogP contribution in [0.25, 0.3) is 0 Å². The summed E-state index contributed by atoms with van der Waals surface area (Å²) in [6, 6.07) is 0. The fourth-order valence-electron chi connectivity index (χ4n) is 0.893. The van der Waals surface area contributed by atoms with E-state index in [0.29, 0.717) is 0 Å². The van der Waals surface area contributed by atoms with Gasteiger partial charge in [-0.25, -0.2) is 0 Å². The molecule has 2 heteroatoms. The average molecular weight is 114 g/mol. The second kappa shape index (κ2) is 1.71. The maximum Gasteiger partial charge on any atom is 0.0629 e. The summed E-state index contributed by atoms with van der Waals surface area (Å²) in [4.78, 5) is 2.27. The summed E-state index contributed by atoms with van der Waals surface area (Å²) in [6.45, 7) is 6.46. The van der Waals surface area contributed by atoms with Crippen molar-refractivity contribution in [3.63, 3.8) is 0 Å². The summed E-state index contributed by atoms with van der Waals surface area (Å²) in [5, 5.41) is 0. The Labute approximate surface area is 50.7 Å². The minimum atomic E-state index is -0.0712. The van der Waals surface area contributed by atoms with E-state index in [2.05, 4.69) is 4.90 Å². The monoisotopic (exact) mass is 114 g/mol. The third-order valence-corrected chi connectivity index (χ3v) is 1.67. The van der Waals surface area contributed by atoms with Crippen molar-refractivity contribution in [2.75, 3.05) is 13.1 Å². The molecular formula is C6H14N2. The number of nitrogens with zero attached hydrogens (tertiary/aromatic N) is 1. The SMILES string of the molecule is CC(C)(N)N1CCC1. The van der Waals surface area contributed by atoms with Crippen LogP contribution in [0, 0.1) is 0 Å². The van der Waals surface area contributed by atoms with Crippen LogP contribution in [0.3, 0.4) is 0 Å². The molecule has 0 bridgehead atoms. The minimum absolute atomic E-state index is 0.0712. The van der Waals surface area contributed by atoms with E-state index in [0.717, 1.165) is 0 Å². The van der Waals surface area contributed by atoms with Gasteiger partial charge in [-0.15, -0.1) is 0 Å². The standard InChI is InChI=1S/C6H14N2/c1-6(2,7)8-4-3-5-8/h3-5,7H2,1-2H3. The third-order valence-electron chi connectivity index (χ3n) is 1.67. The number of rotatable bonds is 1. The van der Waals surface area contributed by atoms with Crippen LogP contribution in [0.1, 0.15) is 20.3 Å². The molecule has 0 aromatic carbocycles. The molecule has 0 saturated carbocycles. The summed E-state index contributed by atoms with van der Waals surface area (Å²) in [5.41, 5.74) is 5.70. The lowest BCUT2D eigenvalue weighted by Crippen LogP contribution is -2.57. The predicted octanol–water partition coefficient (Wildman–Crippen LogP) is 0.387. The van der Waals surface area contributed by atoms with Crippen molar-refractivity contribution in [2.24, 2.45) is 5.73 Å². The molecule has 8 heavy (non-hydrogen) atoms. The van der Waals surface area contributed by atoms with Gasteiger partial charge in [0.15, 0.2) is 0 Å². The molecule has 48 valence electrons. The fourth-order valence-corrected chi connectivity index (χ4v) is 0.893. The van der Waals surface area contributed by atoms with Crippen molar-refractivity contribution in [3.8, 4) is 0 Å². The van der Waals surface area contributed by atoms with Gasteiger partial charge in [-0.1, -0.05) is 0 Å². The van der Waals surface area contributed by atoms with Gasteiger partial charge >= 0.3 is 0 Å². The molecule has 0 aliphatic carbocycles. The zero-order valence-corrected chi connectivity index (χ0v) is 5.65. The number of nitrogens with two attached hydrogens (primary N) is 1. The van der Waals surface area contributed by atoms with Gasteiger partial charge in [0.1, 0.15) is 0 Å². The Morgan fingerprint density at radius 2 is 1.88 bits per heavy atom. The minimum Gasteiger partial charge on any atom is -0.314 e. The lowest BCUT2D eigenvalue weighted by Gasteiger charge is -2.41. The zero-order chi connectivity index (χ0) is 6.20. The second-order valence-corrected chi connectivity index (χ2v) is 2.99. The first-order valence-electron chi connectivity index (χ1n) is 3.14. The van der Waals surface area contributed by atoms with Gasteiger partial charge in [0, 0.05) is 13.1 Å². The molecule has 1 rings (SSSR count). The van der Waals surface area contributed by atoms with Crippen LogP contribution >= 0.6 is 0 Å². The first kappa shape index (κ1) is 6.05. The third kappa shape index (κ3) is 1.01. The predicted molar refractivity (Wildman–Crippen MR) is 34.5 cm³/mol. The Hall–Kier alpha value is -0.0800. The molecule has 0 spiro atoms. The molecule has 0 unspecified atom stereocenters. The van der Waals surface area contributed by atoms with E-state index in [4.69, 9.17) is 5.73 Å². The molecule has 0 radical (unpaired) electrons. The van der Waals surface area contributed by atoms with Crippen molar-refractivity contribution >= 4 is 0 Å². The van der Waals surface area contributed by atoms with Gasteiger partial charge in [-0.2, -0.15) is 0 Å². The molecule has 1 aliphatic heterocycles. The maximum absolute atomic E-state index is 5.77. The summed E-state index contributed by atoms with van der Waals surface area (Å²) in [5.74, 6) is 0. The lowest BCUT2D eigenvalue weighted by molar-refractivity contribution is 0.0601. The highest BCUT2D eigenvalue weighted by Gasteiger charge is 2.26. The van der Waals surface area contributed by atoms with Crippen LogP contribution in [-0.4, -0.2) is 23.7 Å². The fraction of sp³-hybridized carbons (Fsp3) is 1.00. The number of likely N-dealkylation sites (tertiary alicyclic amines) is 1. The van der Waals surface area contributed by atoms with Crippen LogP contribution in [0.2, 0.25) is 0 Å². The van der Waals surface area contributed by atoms with E-state index in [-0.39, 0.29) is 5.66 Å². The smallest absolute Gasteiger partial charge is 0.0629 e. The molecule has 1 fully saturated rings. The van der Waals surface area contributed by atoms with Crippen LogP contribution in [-0.2, 0) is 0 Å². The topological polar surface area (TPSA) is 29.3 Å². The normalized spacial score (nSPS) is 22.9. The summed E-state index contributed by atoms with van der Waals surface area (Å²) in [6.07, 6.45) is 1.32. The van der Waals surface area contributed by atoms with Gasteiger partial charge in [-0.3, -0.25) is 4.90 Å². The highest BCUT2D eigenvalue weighted by molar-refractivity contribution is 4.80. The molecule has 0 atom stereocenters. The Morgan fingerprint density at radius 3 is 1.88 bits per heavy atom. The van der Waals surface area contributed by atoms with Crippen molar-refractivity contribution < 1.29 is 0 Å². The van der Waals surface area contributed by atoms with Crippen LogP contribution in [0.15, 0.2) is 0 Å².